The first-order valence-corrected chi connectivity index (χ1v) is 10.6. The van der Waals surface area contributed by atoms with Crippen LogP contribution >= 0.6 is 15.9 Å². The SMILES string of the molecule is O=C(CN1CCCN(Cc2ccc(F)cc2)S1(=O)=O)Nc1ccc(Br)cc1. The van der Waals surface area contributed by atoms with E-state index in [-0.39, 0.29) is 25.5 Å². The van der Waals surface area contributed by atoms with Gasteiger partial charge in [0.25, 0.3) is 10.2 Å². The topological polar surface area (TPSA) is 69.7 Å². The molecule has 1 aliphatic rings. The third kappa shape index (κ3) is 5.13. The molecule has 27 heavy (non-hydrogen) atoms. The molecule has 0 aromatic heterocycles. The van der Waals surface area contributed by atoms with Crippen molar-refractivity contribution in [2.75, 3.05) is 25.0 Å². The number of nitrogens with one attached hydrogen (secondary N) is 1. The lowest BCUT2D eigenvalue weighted by Gasteiger charge is -2.34. The molecule has 9 heteroatoms. The summed E-state index contributed by atoms with van der Waals surface area (Å²) in [7, 11) is -3.76. The number of nitrogens with zero attached hydrogens (tertiary/aromatic N) is 2. The van der Waals surface area contributed by atoms with Crippen LogP contribution in [0.15, 0.2) is 53.0 Å². The molecule has 0 atom stereocenters. The van der Waals surface area contributed by atoms with Crippen molar-refractivity contribution < 1.29 is 17.6 Å². The van der Waals surface area contributed by atoms with Crippen LogP contribution in [0.1, 0.15) is 12.0 Å². The Labute approximate surface area is 166 Å². The van der Waals surface area contributed by atoms with Crippen molar-refractivity contribution in [3.63, 3.8) is 0 Å². The van der Waals surface area contributed by atoms with Crippen molar-refractivity contribution in [2.45, 2.75) is 13.0 Å². The minimum absolute atomic E-state index is 0.146. The summed E-state index contributed by atoms with van der Waals surface area (Å²) in [5.74, 6) is -0.768. The molecule has 144 valence electrons. The Morgan fingerprint density at radius 1 is 1.04 bits per heavy atom. The first-order chi connectivity index (χ1) is 12.8. The standard InChI is InChI=1S/C18H19BrFN3O3S/c19-15-4-8-17(9-5-15)21-18(24)13-23-11-1-10-22(27(23,25)26)12-14-2-6-16(20)7-3-14/h2-9H,1,10-13H2,(H,21,24). The summed E-state index contributed by atoms with van der Waals surface area (Å²) in [5.41, 5.74) is 1.29. The van der Waals surface area contributed by atoms with Crippen LogP contribution in [0.3, 0.4) is 0 Å². The van der Waals surface area contributed by atoms with Crippen molar-refractivity contribution in [1.29, 1.82) is 0 Å². The molecule has 1 heterocycles. The van der Waals surface area contributed by atoms with Gasteiger partial charge in [-0.3, -0.25) is 4.79 Å². The second kappa shape index (κ2) is 8.47. The van der Waals surface area contributed by atoms with E-state index < -0.39 is 16.1 Å². The van der Waals surface area contributed by atoms with Crippen LogP contribution in [0.2, 0.25) is 0 Å². The van der Waals surface area contributed by atoms with Crippen LogP contribution in [0.5, 0.6) is 0 Å². The Bertz CT molecular complexity index is 904. The summed E-state index contributed by atoms with van der Waals surface area (Å²) in [6.45, 7) is 0.548. The highest BCUT2D eigenvalue weighted by atomic mass is 79.9. The van der Waals surface area contributed by atoms with Crippen LogP contribution in [0.25, 0.3) is 0 Å². The van der Waals surface area contributed by atoms with E-state index in [2.05, 4.69) is 21.2 Å². The summed E-state index contributed by atoms with van der Waals surface area (Å²) in [5, 5.41) is 2.70. The lowest BCUT2D eigenvalue weighted by atomic mass is 10.2. The number of amides is 1. The molecule has 1 amide bonds. The number of hydrogen-bond donors (Lipinski definition) is 1. The van der Waals surface area contributed by atoms with Crippen molar-refractivity contribution in [2.24, 2.45) is 0 Å². The summed E-state index contributed by atoms with van der Waals surface area (Å²) >= 11 is 3.32. The number of benzene rings is 2. The molecule has 2 aromatic rings. The van der Waals surface area contributed by atoms with Crippen molar-refractivity contribution in [3.8, 4) is 0 Å². The lowest BCUT2D eigenvalue weighted by molar-refractivity contribution is -0.116. The van der Waals surface area contributed by atoms with E-state index in [0.29, 0.717) is 24.2 Å². The predicted octanol–water partition coefficient (Wildman–Crippen LogP) is 2.98. The zero-order valence-electron chi connectivity index (χ0n) is 14.4. The maximum Gasteiger partial charge on any atom is 0.282 e. The fraction of sp³-hybridized carbons (Fsp3) is 0.278. The van der Waals surface area contributed by atoms with Crippen LogP contribution in [-0.2, 0) is 21.5 Å². The highest BCUT2D eigenvalue weighted by Gasteiger charge is 2.34. The van der Waals surface area contributed by atoms with E-state index in [0.717, 1.165) is 4.47 Å². The molecule has 6 nitrogen and oxygen atoms in total. The van der Waals surface area contributed by atoms with Crippen molar-refractivity contribution >= 4 is 37.7 Å². The zero-order chi connectivity index (χ0) is 19.4. The summed E-state index contributed by atoms with van der Waals surface area (Å²) in [6, 6.07) is 12.8. The van der Waals surface area contributed by atoms with Gasteiger partial charge >= 0.3 is 0 Å². The van der Waals surface area contributed by atoms with E-state index in [1.54, 1.807) is 36.4 Å². The monoisotopic (exact) mass is 455 g/mol. The van der Waals surface area contributed by atoms with Gasteiger partial charge in [-0.1, -0.05) is 28.1 Å². The van der Waals surface area contributed by atoms with Gasteiger partial charge in [0.05, 0.1) is 6.54 Å². The lowest BCUT2D eigenvalue weighted by Crippen LogP contribution is -2.51. The normalized spacial score (nSPS) is 17.6. The Balaban J connectivity index is 1.65. The Hall–Kier alpha value is -1.81. The van der Waals surface area contributed by atoms with Gasteiger partial charge in [0.2, 0.25) is 5.91 Å². The third-order valence-corrected chi connectivity index (χ3v) is 6.64. The molecule has 1 saturated heterocycles. The Morgan fingerprint density at radius 2 is 1.67 bits per heavy atom. The summed E-state index contributed by atoms with van der Waals surface area (Å²) in [6.07, 6.45) is 0.617. The molecule has 0 spiro atoms. The quantitative estimate of drug-likeness (QED) is 0.753. The molecule has 1 fully saturated rings. The second-order valence-corrected chi connectivity index (χ2v) is 9.05. The van der Waals surface area contributed by atoms with Crippen LogP contribution in [0, 0.1) is 5.82 Å². The number of carbonyl (C=O) groups excluding carboxylic acids is 1. The molecule has 0 bridgehead atoms. The fourth-order valence-corrected chi connectivity index (χ4v) is 4.73. The first-order valence-electron chi connectivity index (χ1n) is 8.40. The maximum absolute atomic E-state index is 13.0. The zero-order valence-corrected chi connectivity index (χ0v) is 16.8. The molecular formula is C18H19BrFN3O3S. The van der Waals surface area contributed by atoms with Crippen LogP contribution in [-0.4, -0.2) is 42.6 Å². The van der Waals surface area contributed by atoms with Gasteiger partial charge in [0, 0.05) is 29.8 Å². The van der Waals surface area contributed by atoms with E-state index >= 15 is 0 Å². The molecule has 3 rings (SSSR count). The Kier molecular flexibility index (Phi) is 6.25. The molecule has 0 aliphatic carbocycles. The number of rotatable bonds is 5. The average molecular weight is 456 g/mol. The molecule has 0 radical (unpaired) electrons. The smallest absolute Gasteiger partial charge is 0.282 e. The van der Waals surface area contributed by atoms with Gasteiger partial charge in [0.1, 0.15) is 5.82 Å². The van der Waals surface area contributed by atoms with Gasteiger partial charge in [-0.25, -0.2) is 4.39 Å². The van der Waals surface area contributed by atoms with Gasteiger partial charge in [-0.15, -0.1) is 0 Å². The fourth-order valence-electron chi connectivity index (χ4n) is 2.83. The van der Waals surface area contributed by atoms with Crippen LogP contribution < -0.4 is 5.32 Å². The number of anilines is 1. The van der Waals surface area contributed by atoms with Crippen molar-refractivity contribution in [3.05, 3.63) is 64.4 Å². The van der Waals surface area contributed by atoms with E-state index in [1.165, 1.54) is 20.7 Å². The molecule has 0 saturated carbocycles. The number of hydrogen-bond acceptors (Lipinski definition) is 3. The minimum atomic E-state index is -3.76. The second-order valence-electron chi connectivity index (χ2n) is 6.21. The summed E-state index contributed by atoms with van der Waals surface area (Å²) in [4.78, 5) is 12.3. The maximum atomic E-state index is 13.0. The van der Waals surface area contributed by atoms with E-state index in [1.807, 2.05) is 0 Å². The third-order valence-electron chi connectivity index (χ3n) is 4.19. The molecular weight excluding hydrogens is 437 g/mol. The largest absolute Gasteiger partial charge is 0.325 e. The molecule has 1 aliphatic heterocycles. The van der Waals surface area contributed by atoms with Gasteiger partial charge < -0.3 is 5.32 Å². The molecule has 2 aromatic carbocycles. The highest BCUT2D eigenvalue weighted by molar-refractivity contribution is 9.10. The number of carbonyl (C=O) groups is 1. The predicted molar refractivity (Wildman–Crippen MR) is 105 cm³/mol. The Morgan fingerprint density at radius 3 is 2.33 bits per heavy atom. The first kappa shape index (κ1) is 19.9. The van der Waals surface area contributed by atoms with Crippen molar-refractivity contribution in [1.82, 2.24) is 8.61 Å². The highest BCUT2D eigenvalue weighted by Crippen LogP contribution is 2.20. The van der Waals surface area contributed by atoms with E-state index in [4.69, 9.17) is 0 Å². The van der Waals surface area contributed by atoms with Gasteiger partial charge in [-0.2, -0.15) is 17.0 Å². The van der Waals surface area contributed by atoms with Gasteiger partial charge in [0.15, 0.2) is 0 Å². The number of halogens is 2. The van der Waals surface area contributed by atoms with Crippen LogP contribution in [0.4, 0.5) is 10.1 Å². The minimum Gasteiger partial charge on any atom is -0.325 e. The molecule has 1 N–H and O–H groups in total. The molecule has 0 unspecified atom stereocenters. The van der Waals surface area contributed by atoms with Gasteiger partial charge in [-0.05, 0) is 48.4 Å². The van der Waals surface area contributed by atoms with E-state index in [9.17, 15) is 17.6 Å². The average Bonchev–Trinajstić information content (AvgIpc) is 2.62. The summed E-state index contributed by atoms with van der Waals surface area (Å²) < 4.78 is 42.0.